The van der Waals surface area contributed by atoms with E-state index in [1.54, 1.807) is 18.2 Å². The number of allylic oxidation sites excluding steroid dienone is 6. The van der Waals surface area contributed by atoms with Crippen molar-refractivity contribution in [2.24, 2.45) is 5.92 Å². The summed E-state index contributed by atoms with van der Waals surface area (Å²) in [6.45, 7) is 13.4. The Kier molecular flexibility index (Phi) is 9.53. The fraction of sp³-hybridized carbons (Fsp3) is 0.441. The molecule has 10 heteroatoms. The van der Waals surface area contributed by atoms with Gasteiger partial charge in [0, 0.05) is 48.0 Å². The third-order valence-corrected chi connectivity index (χ3v) is 10.6. The Labute approximate surface area is 263 Å². The fourth-order valence-electron chi connectivity index (χ4n) is 6.39. The molecule has 44 heavy (non-hydrogen) atoms. The summed E-state index contributed by atoms with van der Waals surface area (Å²) in [6, 6.07) is 9.50. The van der Waals surface area contributed by atoms with Crippen molar-refractivity contribution >= 4 is 37.3 Å². The molecule has 0 aliphatic carbocycles. The van der Waals surface area contributed by atoms with Gasteiger partial charge in [0.1, 0.15) is 6.54 Å². The number of unbranched alkanes of at least 4 members (excludes halogenated alkanes) is 2. The monoisotopic (exact) mass is 641 g/mol. The van der Waals surface area contributed by atoms with E-state index in [4.69, 9.17) is 0 Å². The number of nitrogens with zero attached hydrogens (tertiary/aromatic N) is 2. The van der Waals surface area contributed by atoms with Crippen LogP contribution in [0.1, 0.15) is 78.4 Å². The minimum atomic E-state index is -4.33. The molecule has 2 heterocycles. The van der Waals surface area contributed by atoms with Gasteiger partial charge in [-0.1, -0.05) is 58.8 Å². The average Bonchev–Trinajstić information content (AvgIpc) is 3.25. The van der Waals surface area contributed by atoms with E-state index >= 15 is 0 Å². The fourth-order valence-corrected chi connectivity index (χ4v) is 7.40. The molecule has 2 aromatic carbocycles. The molecule has 0 spiro atoms. The summed E-state index contributed by atoms with van der Waals surface area (Å²) in [5, 5.41) is 0. The molecule has 238 valence electrons. The van der Waals surface area contributed by atoms with Crippen molar-refractivity contribution in [3.05, 3.63) is 83.6 Å². The van der Waals surface area contributed by atoms with Crippen LogP contribution in [0.4, 0.5) is 11.4 Å². The lowest BCUT2D eigenvalue weighted by Crippen LogP contribution is -2.28. The predicted octanol–water partition coefficient (Wildman–Crippen LogP) is 7.20. The van der Waals surface area contributed by atoms with Gasteiger partial charge in [-0.2, -0.15) is 21.4 Å². The molecule has 0 bridgehead atoms. The molecular formula is C34H45N2O6S2+. The van der Waals surface area contributed by atoms with Crippen molar-refractivity contribution in [2.45, 2.75) is 87.8 Å². The van der Waals surface area contributed by atoms with Gasteiger partial charge in [0.05, 0.1) is 15.2 Å². The van der Waals surface area contributed by atoms with Gasteiger partial charge >= 0.3 is 0 Å². The second-order valence-corrected chi connectivity index (χ2v) is 16.0. The van der Waals surface area contributed by atoms with E-state index < -0.39 is 31.1 Å². The molecule has 0 atom stereocenters. The third kappa shape index (κ3) is 6.78. The summed E-state index contributed by atoms with van der Waals surface area (Å²) in [4.78, 5) is 1.80. The summed E-state index contributed by atoms with van der Waals surface area (Å²) < 4.78 is 68.8. The van der Waals surface area contributed by atoms with Crippen LogP contribution >= 0.6 is 0 Å². The van der Waals surface area contributed by atoms with E-state index in [1.165, 1.54) is 24.6 Å². The minimum Gasteiger partial charge on any atom is -0.347 e. The van der Waals surface area contributed by atoms with Gasteiger partial charge in [0.25, 0.3) is 20.2 Å². The van der Waals surface area contributed by atoms with Crippen LogP contribution in [-0.4, -0.2) is 49.8 Å². The molecule has 0 unspecified atom stereocenters. The Balaban J connectivity index is 1.62. The highest BCUT2D eigenvalue weighted by Gasteiger charge is 2.45. The van der Waals surface area contributed by atoms with E-state index in [1.807, 2.05) is 50.1 Å². The summed E-state index contributed by atoms with van der Waals surface area (Å²) in [6.07, 6.45) is 14.4. The smallest absolute Gasteiger partial charge is 0.294 e. The van der Waals surface area contributed by atoms with Gasteiger partial charge in [0.2, 0.25) is 5.69 Å². The topological polar surface area (TPSA) is 115 Å². The third-order valence-electron chi connectivity index (χ3n) is 8.86. The lowest BCUT2D eigenvalue weighted by molar-refractivity contribution is -0.438. The molecule has 2 N–H and O–H groups in total. The van der Waals surface area contributed by atoms with E-state index in [9.17, 15) is 25.9 Å². The van der Waals surface area contributed by atoms with Crippen molar-refractivity contribution in [3.63, 3.8) is 0 Å². The molecule has 2 aliphatic rings. The normalized spacial score (nSPS) is 18.8. The van der Waals surface area contributed by atoms with Crippen LogP contribution in [0.25, 0.3) is 0 Å². The maximum atomic E-state index is 11.9. The van der Waals surface area contributed by atoms with Gasteiger partial charge in [-0.15, -0.1) is 0 Å². The number of hydrogen-bond donors (Lipinski definition) is 2. The average molecular weight is 642 g/mol. The number of rotatable bonds is 11. The number of fused-ring (bicyclic) bond motifs is 2. The lowest BCUT2D eigenvalue weighted by atomic mass is 9.81. The maximum Gasteiger partial charge on any atom is 0.294 e. The zero-order chi connectivity index (χ0) is 32.7. The van der Waals surface area contributed by atoms with E-state index in [0.717, 1.165) is 59.7 Å². The van der Waals surface area contributed by atoms with Crippen molar-refractivity contribution in [1.82, 2.24) is 0 Å². The first-order valence-electron chi connectivity index (χ1n) is 15.0. The van der Waals surface area contributed by atoms with Crippen LogP contribution < -0.4 is 4.90 Å². The molecule has 0 saturated heterocycles. The van der Waals surface area contributed by atoms with Gasteiger partial charge in [-0.25, -0.2) is 0 Å². The van der Waals surface area contributed by atoms with Crippen LogP contribution in [0.15, 0.2) is 82.3 Å². The van der Waals surface area contributed by atoms with Crippen LogP contribution in [0, 0.1) is 5.92 Å². The molecule has 0 fully saturated rings. The van der Waals surface area contributed by atoms with E-state index in [2.05, 4.69) is 38.3 Å². The second kappa shape index (κ2) is 12.4. The number of hydrogen-bond acceptors (Lipinski definition) is 5. The lowest BCUT2D eigenvalue weighted by Gasteiger charge is -2.23. The number of anilines is 1. The molecule has 0 aromatic heterocycles. The van der Waals surface area contributed by atoms with Crippen LogP contribution in [-0.2, 0) is 31.1 Å². The Bertz CT molecular complexity index is 1780. The first-order chi connectivity index (χ1) is 20.4. The molecule has 0 amide bonds. The molecule has 8 nitrogen and oxygen atoms in total. The van der Waals surface area contributed by atoms with Gasteiger partial charge < -0.3 is 4.90 Å². The summed E-state index contributed by atoms with van der Waals surface area (Å²) in [7, 11) is -6.70. The summed E-state index contributed by atoms with van der Waals surface area (Å²) in [5.41, 5.74) is 4.56. The minimum absolute atomic E-state index is 0.106. The van der Waals surface area contributed by atoms with Crippen molar-refractivity contribution < 1.29 is 30.5 Å². The summed E-state index contributed by atoms with van der Waals surface area (Å²) >= 11 is 0. The second-order valence-electron chi connectivity index (χ2n) is 13.2. The molecule has 0 radical (unpaired) electrons. The number of likely N-dealkylation sites (N-methyl/N-ethyl adjacent to an activating group) is 1. The van der Waals surface area contributed by atoms with E-state index in [-0.39, 0.29) is 9.79 Å². The van der Waals surface area contributed by atoms with Crippen LogP contribution in [0.3, 0.4) is 0 Å². The maximum absolute atomic E-state index is 11.9. The zero-order valence-electron chi connectivity index (χ0n) is 26.7. The highest BCUT2D eigenvalue weighted by Crippen LogP contribution is 2.47. The molecule has 2 aromatic rings. The van der Waals surface area contributed by atoms with Gasteiger partial charge in [-0.3, -0.25) is 9.11 Å². The molecular weight excluding hydrogens is 597 g/mol. The Morgan fingerprint density at radius 3 is 2.05 bits per heavy atom. The Morgan fingerprint density at radius 2 is 1.43 bits per heavy atom. The van der Waals surface area contributed by atoms with Gasteiger partial charge in [-0.05, 0) is 68.2 Å². The van der Waals surface area contributed by atoms with Crippen LogP contribution in [0.5, 0.6) is 0 Å². The first-order valence-corrected chi connectivity index (χ1v) is 17.9. The van der Waals surface area contributed by atoms with E-state index in [0.29, 0.717) is 5.92 Å². The molecule has 2 aliphatic heterocycles. The Hall–Kier alpha value is -3.05. The highest BCUT2D eigenvalue weighted by molar-refractivity contribution is 7.86. The van der Waals surface area contributed by atoms with Gasteiger partial charge in [0.15, 0.2) is 5.71 Å². The van der Waals surface area contributed by atoms with Crippen molar-refractivity contribution in [2.75, 3.05) is 18.5 Å². The van der Waals surface area contributed by atoms with Crippen molar-refractivity contribution in [1.29, 1.82) is 0 Å². The molecule has 4 rings (SSSR count). The largest absolute Gasteiger partial charge is 0.347 e. The zero-order valence-corrected chi connectivity index (χ0v) is 28.3. The van der Waals surface area contributed by atoms with Crippen molar-refractivity contribution in [3.8, 4) is 0 Å². The predicted molar refractivity (Wildman–Crippen MR) is 176 cm³/mol. The first kappa shape index (κ1) is 33.8. The molecule has 0 saturated carbocycles. The number of benzene rings is 2. The SMILES string of the molecule is CC(C)CCCCC[N+]1=C(/C=C/C=C/C=C2/N(C)c3ccc(S(=O)(=O)O)cc3C2(C)C)C(C)(C)c2cc(S(=O)(=O)O)ccc21. The quantitative estimate of drug-likeness (QED) is 0.115. The van der Waals surface area contributed by atoms with Crippen LogP contribution in [0.2, 0.25) is 0 Å². The Morgan fingerprint density at radius 1 is 0.818 bits per heavy atom. The highest BCUT2D eigenvalue weighted by atomic mass is 32.2. The summed E-state index contributed by atoms with van der Waals surface area (Å²) in [5.74, 6) is 0.671. The standard InChI is InChI=1S/C34H44N2O6S2/c1-24(2)14-10-9-13-21-36-30-20-18-26(44(40,41)42)23-28(30)34(5,6)32(36)16-12-8-11-15-31-33(3,4)27-22-25(43(37,38)39)17-19-29(27)35(31)7/h8,11-12,15-20,22-24H,9-10,13-14,21H2,1-7H3,(H-,37,38,39,40,41,42)/p+1.